The number of nitrogens with zero attached hydrogens (tertiary/aromatic N) is 2. The number of nitrogens with two attached hydrogens (primary N) is 1. The molecule has 7 nitrogen and oxygen atoms in total. The first kappa shape index (κ1) is 27.4. The van der Waals surface area contributed by atoms with Gasteiger partial charge in [-0.3, -0.25) is 0 Å². The molecule has 30 heavy (non-hydrogen) atoms. The smallest absolute Gasteiger partial charge is 0.224 e. The molecule has 1 aliphatic heterocycles. The third kappa shape index (κ3) is 11.4. The SMILES string of the molecule is C=C/C=C\C(F)=C(/C)NCNc1nc(NC2CCNCC2)ncc1N.CC.CCC. The molecule has 1 fully saturated rings. The van der Waals surface area contributed by atoms with Crippen LogP contribution in [0.25, 0.3) is 0 Å². The molecular formula is C22H40FN7. The third-order valence-corrected chi connectivity index (χ3v) is 3.84. The van der Waals surface area contributed by atoms with E-state index in [1.54, 1.807) is 13.1 Å². The Morgan fingerprint density at radius 3 is 2.57 bits per heavy atom. The van der Waals surface area contributed by atoms with E-state index in [-0.39, 0.29) is 12.5 Å². The first-order valence-electron chi connectivity index (χ1n) is 10.7. The lowest BCUT2D eigenvalue weighted by atomic mass is 10.1. The predicted molar refractivity (Wildman–Crippen MR) is 128 cm³/mol. The van der Waals surface area contributed by atoms with Gasteiger partial charge >= 0.3 is 0 Å². The van der Waals surface area contributed by atoms with Crippen LogP contribution in [0.4, 0.5) is 21.8 Å². The highest BCUT2D eigenvalue weighted by Gasteiger charge is 2.14. The molecule has 1 aromatic rings. The molecule has 2 heterocycles. The Hall–Kier alpha value is -2.61. The maximum absolute atomic E-state index is 13.7. The molecular weight excluding hydrogens is 381 g/mol. The van der Waals surface area contributed by atoms with Crippen LogP contribution in [0, 0.1) is 0 Å². The van der Waals surface area contributed by atoms with E-state index in [0.29, 0.717) is 29.2 Å². The van der Waals surface area contributed by atoms with Gasteiger partial charge in [-0.05, 0) is 38.9 Å². The third-order valence-electron chi connectivity index (χ3n) is 3.84. The number of rotatable bonds is 8. The van der Waals surface area contributed by atoms with E-state index in [1.165, 1.54) is 24.6 Å². The summed E-state index contributed by atoms with van der Waals surface area (Å²) >= 11 is 0. The van der Waals surface area contributed by atoms with Gasteiger partial charge in [-0.1, -0.05) is 52.8 Å². The van der Waals surface area contributed by atoms with E-state index < -0.39 is 0 Å². The van der Waals surface area contributed by atoms with Crippen LogP contribution in [0.15, 0.2) is 42.5 Å². The lowest BCUT2D eigenvalue weighted by Crippen LogP contribution is -2.35. The highest BCUT2D eigenvalue weighted by Crippen LogP contribution is 2.17. The summed E-state index contributed by atoms with van der Waals surface area (Å²) in [5.41, 5.74) is 6.75. The van der Waals surface area contributed by atoms with Crippen molar-refractivity contribution in [3.05, 3.63) is 42.5 Å². The Morgan fingerprint density at radius 2 is 1.97 bits per heavy atom. The second kappa shape index (κ2) is 17.3. The number of aromatic nitrogens is 2. The van der Waals surface area contributed by atoms with Crippen LogP contribution in [0.2, 0.25) is 0 Å². The number of halogens is 1. The molecule has 170 valence electrons. The van der Waals surface area contributed by atoms with Crippen LogP contribution in [0.3, 0.4) is 0 Å². The fraction of sp³-hybridized carbons (Fsp3) is 0.545. The summed E-state index contributed by atoms with van der Waals surface area (Å²) < 4.78 is 13.7. The zero-order chi connectivity index (χ0) is 22.8. The normalized spacial score (nSPS) is 14.5. The van der Waals surface area contributed by atoms with E-state index >= 15 is 0 Å². The molecule has 0 bridgehead atoms. The molecule has 1 aromatic heterocycles. The van der Waals surface area contributed by atoms with Crippen molar-refractivity contribution in [2.24, 2.45) is 0 Å². The Kier molecular flexibility index (Phi) is 15.8. The molecule has 0 unspecified atom stereocenters. The predicted octanol–water partition coefficient (Wildman–Crippen LogP) is 4.57. The van der Waals surface area contributed by atoms with Gasteiger partial charge in [0.25, 0.3) is 0 Å². The molecule has 1 saturated heterocycles. The summed E-state index contributed by atoms with van der Waals surface area (Å²) in [5, 5.41) is 12.6. The van der Waals surface area contributed by atoms with Gasteiger partial charge < -0.3 is 27.0 Å². The Labute approximate surface area is 181 Å². The van der Waals surface area contributed by atoms with Crippen LogP contribution in [0.5, 0.6) is 0 Å². The number of nitrogen functional groups attached to an aromatic ring is 1. The molecule has 0 aromatic carbocycles. The number of hydrogen-bond donors (Lipinski definition) is 5. The van der Waals surface area contributed by atoms with Gasteiger partial charge in [0.2, 0.25) is 5.95 Å². The minimum absolute atomic E-state index is 0.287. The van der Waals surface area contributed by atoms with Crippen molar-refractivity contribution in [1.82, 2.24) is 20.6 Å². The quantitative estimate of drug-likeness (QED) is 0.310. The zero-order valence-electron chi connectivity index (χ0n) is 19.2. The van der Waals surface area contributed by atoms with Crippen LogP contribution in [-0.2, 0) is 0 Å². The van der Waals surface area contributed by atoms with Crippen molar-refractivity contribution in [2.75, 3.05) is 36.1 Å². The zero-order valence-corrected chi connectivity index (χ0v) is 19.2. The maximum atomic E-state index is 13.7. The lowest BCUT2D eigenvalue weighted by molar-refractivity contribution is 0.477. The number of anilines is 3. The molecule has 8 heteroatoms. The van der Waals surface area contributed by atoms with Gasteiger partial charge in [-0.15, -0.1) is 0 Å². The van der Waals surface area contributed by atoms with Crippen molar-refractivity contribution in [3.8, 4) is 0 Å². The van der Waals surface area contributed by atoms with Crippen LogP contribution in [0.1, 0.15) is 53.9 Å². The van der Waals surface area contributed by atoms with Crippen molar-refractivity contribution in [1.29, 1.82) is 0 Å². The summed E-state index contributed by atoms with van der Waals surface area (Å²) in [6.07, 6.45) is 9.27. The van der Waals surface area contributed by atoms with Crippen LogP contribution >= 0.6 is 0 Å². The number of allylic oxidation sites excluding steroid dienone is 5. The Bertz CT molecular complexity index is 653. The van der Waals surface area contributed by atoms with Crippen molar-refractivity contribution >= 4 is 17.5 Å². The minimum Gasteiger partial charge on any atom is -0.394 e. The fourth-order valence-corrected chi connectivity index (χ4v) is 2.37. The largest absolute Gasteiger partial charge is 0.394 e. The molecule has 0 aliphatic carbocycles. The molecule has 1 aliphatic rings. The van der Waals surface area contributed by atoms with E-state index in [4.69, 9.17) is 5.73 Å². The van der Waals surface area contributed by atoms with Gasteiger partial charge in [-0.25, -0.2) is 9.37 Å². The van der Waals surface area contributed by atoms with Gasteiger partial charge in [0.05, 0.1) is 18.6 Å². The van der Waals surface area contributed by atoms with Gasteiger partial charge in [0.15, 0.2) is 5.82 Å². The highest BCUT2D eigenvalue weighted by molar-refractivity contribution is 5.61. The monoisotopic (exact) mass is 421 g/mol. The van der Waals surface area contributed by atoms with Gasteiger partial charge in [-0.2, -0.15) is 4.98 Å². The molecule has 0 atom stereocenters. The average Bonchev–Trinajstić information content (AvgIpc) is 2.76. The van der Waals surface area contributed by atoms with Crippen molar-refractivity contribution in [2.45, 2.75) is 59.9 Å². The molecule has 0 amide bonds. The summed E-state index contributed by atoms with van der Waals surface area (Å²) in [5.74, 6) is 0.690. The summed E-state index contributed by atoms with van der Waals surface area (Å²) in [6.45, 7) is 15.7. The maximum Gasteiger partial charge on any atom is 0.224 e. The van der Waals surface area contributed by atoms with E-state index in [1.807, 2.05) is 13.8 Å². The fourth-order valence-electron chi connectivity index (χ4n) is 2.37. The summed E-state index contributed by atoms with van der Waals surface area (Å²) in [6, 6.07) is 0.353. The van der Waals surface area contributed by atoms with E-state index in [0.717, 1.165) is 25.9 Å². The van der Waals surface area contributed by atoms with Gasteiger partial charge in [0.1, 0.15) is 5.83 Å². The minimum atomic E-state index is -0.356. The van der Waals surface area contributed by atoms with E-state index in [2.05, 4.69) is 51.7 Å². The number of nitrogens with one attached hydrogen (secondary N) is 4. The average molecular weight is 422 g/mol. The molecule has 2 rings (SSSR count). The molecule has 0 spiro atoms. The first-order chi connectivity index (χ1) is 14.5. The van der Waals surface area contributed by atoms with Crippen molar-refractivity contribution in [3.63, 3.8) is 0 Å². The summed E-state index contributed by atoms with van der Waals surface area (Å²) in [7, 11) is 0. The van der Waals surface area contributed by atoms with E-state index in [9.17, 15) is 4.39 Å². The highest BCUT2D eigenvalue weighted by atomic mass is 19.1. The summed E-state index contributed by atoms with van der Waals surface area (Å²) in [4.78, 5) is 8.62. The Balaban J connectivity index is 0.00000154. The first-order valence-corrected chi connectivity index (χ1v) is 10.7. The number of piperidine rings is 1. The Morgan fingerprint density at radius 1 is 1.33 bits per heavy atom. The standard InChI is InChI=1S/C17H26FN7.C3H8.C2H6/c1-3-4-5-14(18)12(2)22-11-23-16-15(19)10-21-17(25-16)24-13-6-8-20-9-7-13;1-3-2;1-2/h3-5,10,13,20,22H,1,6-9,11,19H2,2H3,(H2,21,23,24,25);3H2,1-2H3;1-2H3/b5-4-,14-12-;;. The lowest BCUT2D eigenvalue weighted by Gasteiger charge is -2.23. The van der Waals surface area contributed by atoms with Crippen molar-refractivity contribution < 1.29 is 4.39 Å². The van der Waals surface area contributed by atoms with Gasteiger partial charge in [0, 0.05) is 11.7 Å². The molecule has 0 radical (unpaired) electrons. The topological polar surface area (TPSA) is 99.9 Å². The number of hydrogen-bond acceptors (Lipinski definition) is 7. The second-order valence-electron chi connectivity index (χ2n) is 6.47. The molecule has 0 saturated carbocycles. The van der Waals surface area contributed by atoms with Crippen LogP contribution < -0.4 is 27.0 Å². The second-order valence-corrected chi connectivity index (χ2v) is 6.47. The molecule has 6 N–H and O–H groups in total. The van der Waals surface area contributed by atoms with Crippen LogP contribution in [-0.4, -0.2) is 35.8 Å².